The van der Waals surface area contributed by atoms with Gasteiger partial charge in [0.05, 0.1) is 16.8 Å². The van der Waals surface area contributed by atoms with Crippen LogP contribution in [0.5, 0.6) is 0 Å². The molecule has 1 amide bonds. The number of anilines is 2. The summed E-state index contributed by atoms with van der Waals surface area (Å²) in [5, 5.41) is 11.4. The molecule has 2 aromatic carbocycles. The van der Waals surface area contributed by atoms with E-state index in [9.17, 15) is 22.8 Å². The van der Waals surface area contributed by atoms with Crippen LogP contribution in [0.3, 0.4) is 0 Å². The van der Waals surface area contributed by atoms with E-state index in [1.807, 2.05) is 0 Å². The van der Waals surface area contributed by atoms with Crippen LogP contribution in [0, 0.1) is 0 Å². The normalized spacial score (nSPS) is 11.1. The van der Waals surface area contributed by atoms with Crippen molar-refractivity contribution in [2.45, 2.75) is 6.18 Å². The third kappa shape index (κ3) is 3.79. The molecule has 0 atom stereocenters. The van der Waals surface area contributed by atoms with Crippen molar-refractivity contribution in [1.82, 2.24) is 0 Å². The van der Waals surface area contributed by atoms with E-state index < -0.39 is 23.6 Å². The second-order valence-electron chi connectivity index (χ2n) is 4.64. The van der Waals surface area contributed by atoms with E-state index in [-0.39, 0.29) is 22.5 Å². The number of aromatic carboxylic acids is 1. The number of nitrogen functional groups attached to an aromatic ring is 1. The van der Waals surface area contributed by atoms with Gasteiger partial charge in [-0.2, -0.15) is 13.2 Å². The second kappa shape index (κ2) is 5.99. The third-order valence-corrected chi connectivity index (χ3v) is 3.00. The Kier molecular flexibility index (Phi) is 4.26. The summed E-state index contributed by atoms with van der Waals surface area (Å²) < 4.78 is 37.4. The van der Waals surface area contributed by atoms with Gasteiger partial charge in [-0.1, -0.05) is 0 Å². The van der Waals surface area contributed by atoms with Gasteiger partial charge in [0, 0.05) is 11.3 Å². The van der Waals surface area contributed by atoms with Gasteiger partial charge in [-0.15, -0.1) is 0 Å². The monoisotopic (exact) mass is 324 g/mol. The van der Waals surface area contributed by atoms with Crippen molar-refractivity contribution in [3.63, 3.8) is 0 Å². The van der Waals surface area contributed by atoms with Crippen molar-refractivity contribution in [3.8, 4) is 0 Å². The van der Waals surface area contributed by atoms with Gasteiger partial charge in [0.2, 0.25) is 0 Å². The first-order valence-corrected chi connectivity index (χ1v) is 6.30. The van der Waals surface area contributed by atoms with Gasteiger partial charge in [0.25, 0.3) is 5.91 Å². The molecule has 5 nitrogen and oxygen atoms in total. The number of carbonyl (C=O) groups is 2. The number of alkyl halides is 3. The predicted octanol–water partition coefficient (Wildman–Crippen LogP) is 3.24. The smallest absolute Gasteiger partial charge is 0.416 e. The van der Waals surface area contributed by atoms with Gasteiger partial charge in [0.15, 0.2) is 0 Å². The van der Waals surface area contributed by atoms with Gasteiger partial charge in [-0.05, 0) is 42.5 Å². The lowest BCUT2D eigenvalue weighted by atomic mass is 10.1. The summed E-state index contributed by atoms with van der Waals surface area (Å²) in [7, 11) is 0. The Morgan fingerprint density at radius 1 is 1.04 bits per heavy atom. The highest BCUT2D eigenvalue weighted by atomic mass is 19.4. The number of nitrogens with one attached hydrogen (secondary N) is 1. The average molecular weight is 324 g/mol. The molecule has 0 aromatic heterocycles. The Hall–Kier alpha value is -3.03. The first-order chi connectivity index (χ1) is 10.7. The minimum atomic E-state index is -4.50. The van der Waals surface area contributed by atoms with Gasteiger partial charge >= 0.3 is 12.1 Å². The zero-order valence-corrected chi connectivity index (χ0v) is 11.5. The number of rotatable bonds is 3. The number of halogens is 3. The average Bonchev–Trinajstić information content (AvgIpc) is 2.46. The number of nitrogens with two attached hydrogens (primary N) is 1. The summed E-state index contributed by atoms with van der Waals surface area (Å²) in [6.45, 7) is 0. The van der Waals surface area contributed by atoms with Gasteiger partial charge in [0.1, 0.15) is 0 Å². The Bertz CT molecular complexity index is 756. The number of hydrogen-bond donors (Lipinski definition) is 3. The maximum Gasteiger partial charge on any atom is 0.416 e. The molecule has 120 valence electrons. The minimum absolute atomic E-state index is 0.0394. The lowest BCUT2D eigenvalue weighted by molar-refractivity contribution is -0.137. The second-order valence-corrected chi connectivity index (χ2v) is 4.64. The molecule has 0 heterocycles. The summed E-state index contributed by atoms with van der Waals surface area (Å²) >= 11 is 0. The van der Waals surface area contributed by atoms with Crippen molar-refractivity contribution >= 4 is 23.3 Å². The summed E-state index contributed by atoms with van der Waals surface area (Å²) in [6, 6.07) is 7.39. The molecule has 0 radical (unpaired) electrons. The molecule has 0 aliphatic carbocycles. The molecule has 0 spiro atoms. The van der Waals surface area contributed by atoms with E-state index in [1.165, 1.54) is 18.2 Å². The van der Waals surface area contributed by atoms with Gasteiger partial charge in [-0.25, -0.2) is 4.79 Å². The quantitative estimate of drug-likeness (QED) is 0.756. The molecule has 0 aliphatic heterocycles. The summed E-state index contributed by atoms with van der Waals surface area (Å²) in [4.78, 5) is 23.1. The Morgan fingerprint density at radius 2 is 1.65 bits per heavy atom. The van der Waals surface area contributed by atoms with Crippen LogP contribution in [0.4, 0.5) is 24.5 Å². The van der Waals surface area contributed by atoms with Crippen molar-refractivity contribution in [2.24, 2.45) is 0 Å². The van der Waals surface area contributed by atoms with E-state index in [0.29, 0.717) is 0 Å². The SMILES string of the molecule is Nc1ccc(C(=O)O)c(NC(=O)c2ccc(C(F)(F)F)cc2)c1. The van der Waals surface area contributed by atoms with E-state index in [2.05, 4.69) is 5.32 Å². The molecule has 2 aromatic rings. The Labute approximate surface area is 128 Å². The van der Waals surface area contributed by atoms with Crippen molar-refractivity contribution in [2.75, 3.05) is 11.1 Å². The predicted molar refractivity (Wildman–Crippen MR) is 77.2 cm³/mol. The first kappa shape index (κ1) is 16.3. The molecule has 23 heavy (non-hydrogen) atoms. The number of carboxylic acids is 1. The lowest BCUT2D eigenvalue weighted by Gasteiger charge is -2.10. The molecule has 0 saturated carbocycles. The van der Waals surface area contributed by atoms with Crippen LogP contribution in [0.25, 0.3) is 0 Å². The van der Waals surface area contributed by atoms with Gasteiger partial charge in [-0.3, -0.25) is 4.79 Å². The van der Waals surface area contributed by atoms with Crippen LogP contribution in [0.1, 0.15) is 26.3 Å². The fourth-order valence-electron chi connectivity index (χ4n) is 1.86. The lowest BCUT2D eigenvalue weighted by Crippen LogP contribution is -2.15. The van der Waals surface area contributed by atoms with Crippen molar-refractivity contribution < 1.29 is 27.9 Å². The number of amides is 1. The maximum atomic E-state index is 12.5. The topological polar surface area (TPSA) is 92.4 Å². The summed E-state index contributed by atoms with van der Waals surface area (Å²) in [5.41, 5.74) is 4.62. The zero-order chi connectivity index (χ0) is 17.2. The number of hydrogen-bond acceptors (Lipinski definition) is 3. The Balaban J connectivity index is 2.26. The molecule has 2 rings (SSSR count). The van der Waals surface area contributed by atoms with Crippen LogP contribution < -0.4 is 11.1 Å². The van der Waals surface area contributed by atoms with E-state index >= 15 is 0 Å². The molecular formula is C15H11F3N2O3. The fourth-order valence-corrected chi connectivity index (χ4v) is 1.86. The van der Waals surface area contributed by atoms with Crippen LogP contribution in [-0.2, 0) is 6.18 Å². The van der Waals surface area contributed by atoms with Crippen LogP contribution in [0.15, 0.2) is 42.5 Å². The maximum absolute atomic E-state index is 12.5. The highest BCUT2D eigenvalue weighted by Crippen LogP contribution is 2.29. The van der Waals surface area contributed by atoms with Crippen molar-refractivity contribution in [3.05, 3.63) is 59.2 Å². The van der Waals surface area contributed by atoms with E-state index in [0.717, 1.165) is 24.3 Å². The number of carbonyl (C=O) groups excluding carboxylic acids is 1. The van der Waals surface area contributed by atoms with Crippen LogP contribution in [0.2, 0.25) is 0 Å². The largest absolute Gasteiger partial charge is 0.478 e. The molecule has 8 heteroatoms. The van der Waals surface area contributed by atoms with E-state index in [1.54, 1.807) is 0 Å². The van der Waals surface area contributed by atoms with Crippen LogP contribution >= 0.6 is 0 Å². The highest BCUT2D eigenvalue weighted by molar-refractivity contribution is 6.08. The molecule has 0 saturated heterocycles. The molecule has 0 fully saturated rings. The minimum Gasteiger partial charge on any atom is -0.478 e. The molecule has 0 bridgehead atoms. The number of benzene rings is 2. The summed E-state index contributed by atoms with van der Waals surface area (Å²) in [6.07, 6.45) is -4.50. The van der Waals surface area contributed by atoms with E-state index in [4.69, 9.17) is 10.8 Å². The Morgan fingerprint density at radius 3 is 2.17 bits per heavy atom. The van der Waals surface area contributed by atoms with Crippen LogP contribution in [-0.4, -0.2) is 17.0 Å². The molecular weight excluding hydrogens is 313 g/mol. The third-order valence-electron chi connectivity index (χ3n) is 3.00. The zero-order valence-electron chi connectivity index (χ0n) is 11.5. The number of carboxylic acid groups (broad SMARTS) is 1. The fraction of sp³-hybridized carbons (Fsp3) is 0.0667. The standard InChI is InChI=1S/C15H11F3N2O3/c16-15(17,18)9-3-1-8(2-4-9)13(21)20-12-7-10(19)5-6-11(12)14(22)23/h1-7H,19H2,(H,20,21)(H,22,23). The summed E-state index contributed by atoms with van der Waals surface area (Å²) in [5.74, 6) is -2.01. The van der Waals surface area contributed by atoms with Crippen molar-refractivity contribution in [1.29, 1.82) is 0 Å². The molecule has 4 N–H and O–H groups in total. The first-order valence-electron chi connectivity index (χ1n) is 6.30. The van der Waals surface area contributed by atoms with Gasteiger partial charge < -0.3 is 16.2 Å². The highest BCUT2D eigenvalue weighted by Gasteiger charge is 2.30. The molecule has 0 aliphatic rings. The molecule has 0 unspecified atom stereocenters.